The van der Waals surface area contributed by atoms with Gasteiger partial charge in [-0.3, -0.25) is 0 Å². The number of hydrogen-bond donors (Lipinski definition) is 1. The van der Waals surface area contributed by atoms with Gasteiger partial charge in [0.05, 0.1) is 11.2 Å². The molecule has 3 aromatic rings. The van der Waals surface area contributed by atoms with Gasteiger partial charge < -0.3 is 10.6 Å². The predicted molar refractivity (Wildman–Crippen MR) is 99.8 cm³/mol. The third-order valence-corrected chi connectivity index (χ3v) is 3.71. The van der Waals surface area contributed by atoms with E-state index in [-0.39, 0.29) is 0 Å². The molecule has 0 fully saturated rings. The first-order valence-electron chi connectivity index (χ1n) is 8.08. The van der Waals surface area contributed by atoms with Crippen LogP contribution in [0.15, 0.2) is 65.8 Å². The van der Waals surface area contributed by atoms with Crippen molar-refractivity contribution in [1.29, 1.82) is 0 Å². The summed E-state index contributed by atoms with van der Waals surface area (Å²) in [6.45, 7) is 5.52. The molecule has 0 saturated carbocycles. The van der Waals surface area contributed by atoms with Gasteiger partial charge in [-0.2, -0.15) is 5.10 Å². The van der Waals surface area contributed by atoms with E-state index in [1.165, 1.54) is 4.57 Å². The Morgan fingerprint density at radius 3 is 2.32 bits per heavy atom. The number of fused-ring (bicyclic) bond motifs is 1. The quantitative estimate of drug-likeness (QED) is 0.435. The Labute approximate surface area is 146 Å². The number of para-hydroxylation sites is 1. The van der Waals surface area contributed by atoms with E-state index in [0.29, 0.717) is 11.4 Å². The summed E-state index contributed by atoms with van der Waals surface area (Å²) in [5.41, 5.74) is 2.11. The molecule has 1 heterocycles. The summed E-state index contributed by atoms with van der Waals surface area (Å²) in [5, 5.41) is 4.87. The van der Waals surface area contributed by atoms with Gasteiger partial charge in [0, 0.05) is 10.9 Å². The molecule has 5 heteroatoms. The van der Waals surface area contributed by atoms with Gasteiger partial charge in [-0.1, -0.05) is 48.5 Å². The SMILES string of the molecule is CC(C)(C)OC(=O)n1c(/C(=N/N)c2ccccc2)cc2ccccc21. The first-order chi connectivity index (χ1) is 11.9. The minimum atomic E-state index is -0.605. The number of aromatic nitrogens is 1. The number of hydrazone groups is 1. The van der Waals surface area contributed by atoms with E-state index < -0.39 is 11.7 Å². The molecule has 128 valence electrons. The molecule has 1 aromatic heterocycles. The summed E-state index contributed by atoms with van der Waals surface area (Å²) >= 11 is 0. The standard InChI is InChI=1S/C20H21N3O2/c1-20(2,3)25-19(24)23-16-12-8-7-11-15(16)13-17(23)18(22-21)14-9-5-4-6-10-14/h4-13H,21H2,1-3H3/b22-18+. The number of ether oxygens (including phenoxy) is 1. The maximum absolute atomic E-state index is 12.9. The molecule has 0 bridgehead atoms. The zero-order valence-electron chi connectivity index (χ0n) is 14.6. The molecule has 5 nitrogen and oxygen atoms in total. The monoisotopic (exact) mass is 335 g/mol. The fourth-order valence-electron chi connectivity index (χ4n) is 2.72. The van der Waals surface area contributed by atoms with Gasteiger partial charge in [0.2, 0.25) is 0 Å². The Morgan fingerprint density at radius 2 is 1.68 bits per heavy atom. The van der Waals surface area contributed by atoms with E-state index >= 15 is 0 Å². The average Bonchev–Trinajstić information content (AvgIpc) is 2.94. The van der Waals surface area contributed by atoms with E-state index in [2.05, 4.69) is 5.10 Å². The Morgan fingerprint density at radius 1 is 1.04 bits per heavy atom. The average molecular weight is 335 g/mol. The largest absolute Gasteiger partial charge is 0.443 e. The molecule has 0 radical (unpaired) electrons. The molecule has 2 N–H and O–H groups in total. The van der Waals surface area contributed by atoms with Crippen molar-refractivity contribution < 1.29 is 9.53 Å². The second-order valence-corrected chi connectivity index (χ2v) is 6.75. The lowest BCUT2D eigenvalue weighted by molar-refractivity contribution is 0.0544. The molecule has 0 atom stereocenters. The van der Waals surface area contributed by atoms with Crippen LogP contribution in [0.4, 0.5) is 4.79 Å². The third-order valence-electron chi connectivity index (χ3n) is 3.71. The summed E-state index contributed by atoms with van der Waals surface area (Å²) in [6.07, 6.45) is -0.458. The van der Waals surface area contributed by atoms with Crippen LogP contribution in [0.3, 0.4) is 0 Å². The van der Waals surface area contributed by atoms with Gasteiger partial charge >= 0.3 is 6.09 Å². The van der Waals surface area contributed by atoms with E-state index in [4.69, 9.17) is 10.6 Å². The lowest BCUT2D eigenvalue weighted by Crippen LogP contribution is -2.29. The van der Waals surface area contributed by atoms with E-state index in [9.17, 15) is 4.79 Å². The number of rotatable bonds is 2. The molecular formula is C20H21N3O2. The molecule has 2 aromatic carbocycles. The highest BCUT2D eigenvalue weighted by Gasteiger charge is 2.24. The molecule has 0 unspecified atom stereocenters. The molecule has 0 saturated heterocycles. The van der Waals surface area contributed by atoms with Crippen LogP contribution in [0.2, 0.25) is 0 Å². The van der Waals surface area contributed by atoms with E-state index in [1.54, 1.807) is 0 Å². The predicted octanol–water partition coefficient (Wildman–Crippen LogP) is 4.14. The lowest BCUT2D eigenvalue weighted by Gasteiger charge is -2.21. The summed E-state index contributed by atoms with van der Waals surface area (Å²) in [4.78, 5) is 12.9. The molecule has 0 amide bonds. The van der Waals surface area contributed by atoms with E-state index in [1.807, 2.05) is 81.4 Å². The number of nitrogens with zero attached hydrogens (tertiary/aromatic N) is 2. The fraction of sp³-hybridized carbons (Fsp3) is 0.200. The minimum absolute atomic E-state index is 0.458. The Hall–Kier alpha value is -3.08. The van der Waals surface area contributed by atoms with Gasteiger partial charge in [0.1, 0.15) is 11.3 Å². The highest BCUT2D eigenvalue weighted by Crippen LogP contribution is 2.24. The molecule has 0 aliphatic heterocycles. The maximum atomic E-state index is 12.9. The lowest BCUT2D eigenvalue weighted by atomic mass is 10.1. The summed E-state index contributed by atoms with van der Waals surface area (Å²) in [6, 6.07) is 19.1. The third kappa shape index (κ3) is 3.40. The Bertz CT molecular complexity index is 934. The Kier molecular flexibility index (Phi) is 4.31. The highest BCUT2D eigenvalue weighted by atomic mass is 16.6. The summed E-state index contributed by atoms with van der Waals surface area (Å²) < 4.78 is 7.12. The smallest absolute Gasteiger partial charge is 0.419 e. The minimum Gasteiger partial charge on any atom is -0.443 e. The van der Waals surface area contributed by atoms with Crippen molar-refractivity contribution in [3.05, 3.63) is 71.9 Å². The number of carbonyl (C=O) groups is 1. The van der Waals surface area contributed by atoms with Crippen molar-refractivity contribution in [2.24, 2.45) is 10.9 Å². The van der Waals surface area contributed by atoms with Gasteiger partial charge in [0.15, 0.2) is 0 Å². The van der Waals surface area contributed by atoms with Crippen molar-refractivity contribution in [3.63, 3.8) is 0 Å². The normalized spacial score (nSPS) is 12.4. The number of benzene rings is 2. The van der Waals surface area contributed by atoms with Crippen LogP contribution in [0, 0.1) is 0 Å². The number of hydrogen-bond acceptors (Lipinski definition) is 4. The molecule has 25 heavy (non-hydrogen) atoms. The summed E-state index contributed by atoms with van der Waals surface area (Å²) in [5.74, 6) is 5.68. The van der Waals surface area contributed by atoms with Gasteiger partial charge in [-0.05, 0) is 32.9 Å². The highest BCUT2D eigenvalue weighted by molar-refractivity contribution is 6.15. The zero-order chi connectivity index (χ0) is 18.0. The van der Waals surface area contributed by atoms with Gasteiger partial charge in [-0.25, -0.2) is 9.36 Å². The molecule has 0 aliphatic rings. The summed E-state index contributed by atoms with van der Waals surface area (Å²) in [7, 11) is 0. The molecule has 0 spiro atoms. The van der Waals surface area contributed by atoms with Crippen molar-refractivity contribution in [2.75, 3.05) is 0 Å². The van der Waals surface area contributed by atoms with Crippen LogP contribution >= 0.6 is 0 Å². The first kappa shape index (κ1) is 16.8. The van der Waals surface area contributed by atoms with Gasteiger partial charge in [-0.15, -0.1) is 0 Å². The molecule has 0 aliphatic carbocycles. The van der Waals surface area contributed by atoms with Gasteiger partial charge in [0.25, 0.3) is 0 Å². The van der Waals surface area contributed by atoms with Crippen LogP contribution < -0.4 is 5.84 Å². The van der Waals surface area contributed by atoms with Crippen LogP contribution in [-0.2, 0) is 4.74 Å². The molecule has 3 rings (SSSR count). The van der Waals surface area contributed by atoms with E-state index in [0.717, 1.165) is 16.5 Å². The second kappa shape index (κ2) is 6.43. The van der Waals surface area contributed by atoms with Crippen molar-refractivity contribution >= 4 is 22.7 Å². The van der Waals surface area contributed by atoms with Crippen LogP contribution in [0.1, 0.15) is 32.0 Å². The topological polar surface area (TPSA) is 69.6 Å². The fourth-order valence-corrected chi connectivity index (χ4v) is 2.72. The van der Waals surface area contributed by atoms with Crippen LogP contribution in [-0.4, -0.2) is 22.0 Å². The van der Waals surface area contributed by atoms with Crippen LogP contribution in [0.5, 0.6) is 0 Å². The second-order valence-electron chi connectivity index (χ2n) is 6.75. The first-order valence-corrected chi connectivity index (χ1v) is 8.08. The number of carbonyl (C=O) groups excluding carboxylic acids is 1. The molecular weight excluding hydrogens is 314 g/mol. The van der Waals surface area contributed by atoms with Crippen molar-refractivity contribution in [1.82, 2.24) is 4.57 Å². The number of nitrogens with two attached hydrogens (primary N) is 1. The van der Waals surface area contributed by atoms with Crippen molar-refractivity contribution in [2.45, 2.75) is 26.4 Å². The van der Waals surface area contributed by atoms with Crippen LogP contribution in [0.25, 0.3) is 10.9 Å². The Balaban J connectivity index is 2.21. The maximum Gasteiger partial charge on any atom is 0.419 e. The van der Waals surface area contributed by atoms with Crippen molar-refractivity contribution in [3.8, 4) is 0 Å². The zero-order valence-corrected chi connectivity index (χ0v) is 14.6.